The molecule has 0 aromatic heterocycles. The summed E-state index contributed by atoms with van der Waals surface area (Å²) in [6.45, 7) is 0. The van der Waals surface area contributed by atoms with Crippen LogP contribution in [0.15, 0.2) is 30.3 Å². The van der Waals surface area contributed by atoms with Gasteiger partial charge in [-0.05, 0) is 11.6 Å². The van der Waals surface area contributed by atoms with Crippen LogP contribution in [0.4, 0.5) is 0 Å². The summed E-state index contributed by atoms with van der Waals surface area (Å²) < 4.78 is 0. The summed E-state index contributed by atoms with van der Waals surface area (Å²) in [6, 6.07) is 10.8. The molecule has 1 aromatic carbocycles. The van der Waals surface area contributed by atoms with Crippen molar-refractivity contribution in [2.24, 2.45) is 0 Å². The van der Waals surface area contributed by atoms with Crippen molar-refractivity contribution in [1.29, 1.82) is 0 Å². The minimum Gasteiger partial charge on any atom is -0.431 e. The summed E-state index contributed by atoms with van der Waals surface area (Å²) >= 11 is 0. The van der Waals surface area contributed by atoms with E-state index < -0.39 is 0 Å². The molecule has 1 aromatic rings. The third-order valence-corrected chi connectivity index (χ3v) is 1.69. The van der Waals surface area contributed by atoms with Crippen LogP contribution in [0, 0.1) is 0 Å². The van der Waals surface area contributed by atoms with Crippen LogP contribution in [-0.2, 0) is 6.04 Å². The summed E-state index contributed by atoms with van der Waals surface area (Å²) in [5, 5.41) is 0. The third kappa shape index (κ3) is 1.99. The SMILES string of the molecule is O[Si]Cc1ccccc1. The van der Waals surface area contributed by atoms with Crippen molar-refractivity contribution < 1.29 is 4.80 Å². The molecule has 0 fully saturated rings. The number of benzene rings is 1. The van der Waals surface area contributed by atoms with E-state index in [1.165, 1.54) is 5.56 Å². The second-order valence-electron chi connectivity index (χ2n) is 1.82. The Morgan fingerprint density at radius 3 is 2.44 bits per heavy atom. The Bertz CT molecular complexity index is 162. The molecule has 0 saturated heterocycles. The minimum absolute atomic E-state index is 0.0352. The van der Waals surface area contributed by atoms with Gasteiger partial charge in [0.15, 0.2) is 0 Å². The van der Waals surface area contributed by atoms with Gasteiger partial charge in [0.25, 0.3) is 0 Å². The smallest absolute Gasteiger partial charge is 0.229 e. The monoisotopic (exact) mass is 136 g/mol. The first-order valence-corrected chi connectivity index (χ1v) is 4.00. The lowest BCUT2D eigenvalue weighted by Crippen LogP contribution is -1.93. The van der Waals surface area contributed by atoms with Gasteiger partial charge >= 0.3 is 0 Å². The molecule has 9 heavy (non-hydrogen) atoms. The first-order chi connectivity index (χ1) is 4.43. The van der Waals surface area contributed by atoms with Crippen LogP contribution in [0.3, 0.4) is 0 Å². The highest BCUT2D eigenvalue weighted by Crippen LogP contribution is 1.96. The molecule has 0 spiro atoms. The molecule has 0 aliphatic carbocycles. The third-order valence-electron chi connectivity index (χ3n) is 1.13. The van der Waals surface area contributed by atoms with E-state index in [9.17, 15) is 0 Å². The lowest BCUT2D eigenvalue weighted by Gasteiger charge is -1.91. The minimum atomic E-state index is 0.0352. The molecule has 0 unspecified atom stereocenters. The molecule has 2 heteroatoms. The molecule has 0 amide bonds. The van der Waals surface area contributed by atoms with E-state index in [2.05, 4.69) is 0 Å². The molecule has 1 N–H and O–H groups in total. The van der Waals surface area contributed by atoms with Crippen LogP contribution in [0.2, 0.25) is 0 Å². The predicted octanol–water partition coefficient (Wildman–Crippen LogP) is 0.798. The number of rotatable bonds is 2. The normalized spacial score (nSPS) is 9.44. The van der Waals surface area contributed by atoms with E-state index >= 15 is 0 Å². The second-order valence-corrected chi connectivity index (χ2v) is 2.49. The van der Waals surface area contributed by atoms with Gasteiger partial charge in [0, 0.05) is 0 Å². The fourth-order valence-electron chi connectivity index (χ4n) is 0.687. The summed E-state index contributed by atoms with van der Waals surface area (Å²) in [5.41, 5.74) is 1.21. The molecule has 0 heterocycles. The molecule has 0 aliphatic rings. The van der Waals surface area contributed by atoms with Crippen molar-refractivity contribution in [2.75, 3.05) is 0 Å². The van der Waals surface area contributed by atoms with Crippen LogP contribution in [0.25, 0.3) is 0 Å². The van der Waals surface area contributed by atoms with E-state index in [4.69, 9.17) is 4.80 Å². The molecule has 1 nitrogen and oxygen atoms in total. The van der Waals surface area contributed by atoms with Gasteiger partial charge in [-0.2, -0.15) is 0 Å². The maximum Gasteiger partial charge on any atom is 0.229 e. The van der Waals surface area contributed by atoms with Gasteiger partial charge in [-0.15, -0.1) is 0 Å². The zero-order valence-electron chi connectivity index (χ0n) is 5.04. The maximum atomic E-state index is 8.55. The summed E-state index contributed by atoms with van der Waals surface area (Å²) in [4.78, 5) is 8.55. The summed E-state index contributed by atoms with van der Waals surface area (Å²) in [5.74, 6) is 0. The van der Waals surface area contributed by atoms with Crippen molar-refractivity contribution in [3.05, 3.63) is 35.9 Å². The quantitative estimate of drug-likeness (QED) is 0.596. The Kier molecular flexibility index (Phi) is 2.48. The van der Waals surface area contributed by atoms with Gasteiger partial charge in [0.2, 0.25) is 9.76 Å². The summed E-state index contributed by atoms with van der Waals surface area (Å²) in [6.07, 6.45) is 0. The lowest BCUT2D eigenvalue weighted by molar-refractivity contribution is 0.600. The second kappa shape index (κ2) is 3.43. The number of hydrogen-bond acceptors (Lipinski definition) is 1. The fraction of sp³-hybridized carbons (Fsp3) is 0.143. The lowest BCUT2D eigenvalue weighted by atomic mass is 10.2. The average molecular weight is 136 g/mol. The highest BCUT2D eigenvalue weighted by molar-refractivity contribution is 6.24. The standard InChI is InChI=1S/C7H8OSi/c8-9-6-7-4-2-1-3-5-7/h1-5,8H,6H2. The summed E-state index contributed by atoms with van der Waals surface area (Å²) in [7, 11) is 0.0352. The Morgan fingerprint density at radius 2 is 1.89 bits per heavy atom. The van der Waals surface area contributed by atoms with E-state index in [-0.39, 0.29) is 9.76 Å². The van der Waals surface area contributed by atoms with Gasteiger partial charge in [0.05, 0.1) is 0 Å². The zero-order valence-corrected chi connectivity index (χ0v) is 6.04. The molecular weight excluding hydrogens is 128 g/mol. The molecule has 0 bridgehead atoms. The molecule has 46 valence electrons. The molecule has 0 aliphatic heterocycles. The van der Waals surface area contributed by atoms with Crippen molar-refractivity contribution in [2.45, 2.75) is 6.04 Å². The van der Waals surface area contributed by atoms with Crippen LogP contribution in [0.5, 0.6) is 0 Å². The maximum absolute atomic E-state index is 8.55. The zero-order chi connectivity index (χ0) is 6.53. The Morgan fingerprint density at radius 1 is 1.22 bits per heavy atom. The van der Waals surface area contributed by atoms with Gasteiger partial charge < -0.3 is 4.80 Å². The van der Waals surface area contributed by atoms with Crippen LogP contribution in [-0.4, -0.2) is 14.6 Å². The first-order valence-electron chi connectivity index (χ1n) is 2.84. The van der Waals surface area contributed by atoms with Crippen LogP contribution >= 0.6 is 0 Å². The van der Waals surface area contributed by atoms with Gasteiger partial charge in [0.1, 0.15) is 0 Å². The molecule has 1 rings (SSSR count). The van der Waals surface area contributed by atoms with E-state index in [0.29, 0.717) is 0 Å². The van der Waals surface area contributed by atoms with E-state index in [1.54, 1.807) is 0 Å². The van der Waals surface area contributed by atoms with Crippen molar-refractivity contribution in [3.8, 4) is 0 Å². The van der Waals surface area contributed by atoms with Gasteiger partial charge in [-0.3, -0.25) is 0 Å². The molecule has 2 radical (unpaired) electrons. The molecule has 0 saturated carbocycles. The predicted molar refractivity (Wildman–Crippen MR) is 38.1 cm³/mol. The Hall–Kier alpha value is -0.603. The topological polar surface area (TPSA) is 20.2 Å². The van der Waals surface area contributed by atoms with Crippen molar-refractivity contribution >= 4 is 9.76 Å². The van der Waals surface area contributed by atoms with Crippen molar-refractivity contribution in [3.63, 3.8) is 0 Å². The molecule has 0 atom stereocenters. The first kappa shape index (κ1) is 6.52. The fourth-order valence-corrected chi connectivity index (χ4v) is 1.11. The van der Waals surface area contributed by atoms with Crippen LogP contribution in [0.1, 0.15) is 5.56 Å². The number of hydrogen-bond donors (Lipinski definition) is 1. The van der Waals surface area contributed by atoms with E-state index in [0.717, 1.165) is 6.04 Å². The van der Waals surface area contributed by atoms with Crippen LogP contribution < -0.4 is 0 Å². The highest BCUT2D eigenvalue weighted by Gasteiger charge is 1.87. The Balaban J connectivity index is 2.61. The largest absolute Gasteiger partial charge is 0.431 e. The highest BCUT2D eigenvalue weighted by atomic mass is 28.2. The molecular formula is C7H8OSi. The van der Waals surface area contributed by atoms with Gasteiger partial charge in [-0.1, -0.05) is 30.3 Å². The van der Waals surface area contributed by atoms with Crippen molar-refractivity contribution in [1.82, 2.24) is 0 Å². The average Bonchev–Trinajstić information content (AvgIpc) is 1.91. The van der Waals surface area contributed by atoms with E-state index in [1.807, 2.05) is 30.3 Å². The van der Waals surface area contributed by atoms with Gasteiger partial charge in [-0.25, -0.2) is 0 Å². The Labute approximate surface area is 57.3 Å².